The first kappa shape index (κ1) is 20.3. The molecule has 0 unspecified atom stereocenters. The van der Waals surface area contributed by atoms with Crippen molar-refractivity contribution in [3.05, 3.63) is 72.1 Å². The Morgan fingerprint density at radius 1 is 0.903 bits per heavy atom. The number of carbonyl (C=O) groups excluding carboxylic acids is 1. The molecule has 4 rings (SSSR count). The molecule has 158 valence electrons. The van der Waals surface area contributed by atoms with Gasteiger partial charge in [-0.25, -0.2) is 4.98 Å². The fourth-order valence-electron chi connectivity index (χ4n) is 3.60. The second kappa shape index (κ2) is 8.39. The molecule has 0 spiro atoms. The molecule has 0 aliphatic heterocycles. The first-order valence-corrected chi connectivity index (χ1v) is 9.71. The predicted octanol–water partition coefficient (Wildman–Crippen LogP) is 4.61. The van der Waals surface area contributed by atoms with Crippen LogP contribution in [0.25, 0.3) is 16.7 Å². The molecule has 0 aliphatic rings. The molecule has 0 radical (unpaired) electrons. The fraction of sp³-hybridized carbons (Fsp3) is 0.167. The average molecular weight is 417 g/mol. The minimum absolute atomic E-state index is 0.294. The van der Waals surface area contributed by atoms with E-state index in [0.29, 0.717) is 28.5 Å². The van der Waals surface area contributed by atoms with Crippen LogP contribution in [0.1, 0.15) is 16.2 Å². The Balaban J connectivity index is 1.66. The molecular weight excluding hydrogens is 394 g/mol. The van der Waals surface area contributed by atoms with Crippen LogP contribution < -0.4 is 19.5 Å². The lowest BCUT2D eigenvalue weighted by Crippen LogP contribution is -2.12. The molecule has 1 amide bonds. The summed E-state index contributed by atoms with van der Waals surface area (Å²) < 4.78 is 18.1. The number of para-hydroxylation sites is 1. The maximum absolute atomic E-state index is 12.9. The van der Waals surface area contributed by atoms with Gasteiger partial charge in [0.05, 0.1) is 32.4 Å². The molecule has 1 N–H and O–H groups in total. The maximum atomic E-state index is 12.9. The van der Waals surface area contributed by atoms with Gasteiger partial charge in [-0.15, -0.1) is 0 Å². The van der Waals surface area contributed by atoms with Gasteiger partial charge in [0.1, 0.15) is 5.82 Å². The van der Waals surface area contributed by atoms with Crippen molar-refractivity contribution in [2.75, 3.05) is 26.6 Å². The van der Waals surface area contributed by atoms with Gasteiger partial charge in [-0.05, 0) is 49.4 Å². The number of nitrogens with zero attached hydrogens (tertiary/aromatic N) is 2. The Kier molecular flexibility index (Phi) is 5.49. The summed E-state index contributed by atoms with van der Waals surface area (Å²) in [7, 11) is 4.54. The summed E-state index contributed by atoms with van der Waals surface area (Å²) in [4.78, 5) is 17.6. The first-order chi connectivity index (χ1) is 15.0. The number of benzene rings is 3. The van der Waals surface area contributed by atoms with Gasteiger partial charge in [-0.2, -0.15) is 0 Å². The van der Waals surface area contributed by atoms with Gasteiger partial charge in [0, 0.05) is 16.9 Å². The number of imidazole rings is 1. The molecule has 31 heavy (non-hydrogen) atoms. The number of hydrogen-bond acceptors (Lipinski definition) is 5. The van der Waals surface area contributed by atoms with Gasteiger partial charge in [0.2, 0.25) is 5.75 Å². The molecule has 1 heterocycles. The number of fused-ring (bicyclic) bond motifs is 1. The highest BCUT2D eigenvalue weighted by Gasteiger charge is 2.18. The zero-order valence-electron chi connectivity index (χ0n) is 17.8. The van der Waals surface area contributed by atoms with Crippen LogP contribution in [0.2, 0.25) is 0 Å². The van der Waals surface area contributed by atoms with Gasteiger partial charge in [-0.1, -0.05) is 18.2 Å². The van der Waals surface area contributed by atoms with Gasteiger partial charge in [0.25, 0.3) is 5.91 Å². The number of hydrogen-bond donors (Lipinski definition) is 1. The van der Waals surface area contributed by atoms with Crippen molar-refractivity contribution in [3.63, 3.8) is 0 Å². The number of ether oxygens (including phenoxy) is 3. The summed E-state index contributed by atoms with van der Waals surface area (Å²) in [5.41, 5.74) is 3.83. The number of rotatable bonds is 6. The molecule has 0 atom stereocenters. The molecule has 3 aromatic carbocycles. The number of anilines is 1. The van der Waals surface area contributed by atoms with Gasteiger partial charge in [-0.3, -0.25) is 9.36 Å². The number of aromatic nitrogens is 2. The van der Waals surface area contributed by atoms with E-state index in [1.54, 1.807) is 12.1 Å². The quantitative estimate of drug-likeness (QED) is 0.496. The minimum atomic E-state index is -0.294. The highest BCUT2D eigenvalue weighted by molar-refractivity contribution is 6.05. The van der Waals surface area contributed by atoms with E-state index >= 15 is 0 Å². The smallest absolute Gasteiger partial charge is 0.255 e. The van der Waals surface area contributed by atoms with E-state index in [-0.39, 0.29) is 5.91 Å². The van der Waals surface area contributed by atoms with Crippen LogP contribution in [0.5, 0.6) is 17.2 Å². The van der Waals surface area contributed by atoms with Crippen LogP contribution in [0.4, 0.5) is 5.69 Å². The normalized spacial score (nSPS) is 10.7. The highest BCUT2D eigenvalue weighted by atomic mass is 16.5. The van der Waals surface area contributed by atoms with E-state index in [1.165, 1.54) is 21.3 Å². The number of nitrogens with one attached hydrogen (secondary N) is 1. The third-order valence-electron chi connectivity index (χ3n) is 5.02. The zero-order chi connectivity index (χ0) is 22.0. The molecular formula is C24H23N3O4. The molecule has 0 saturated heterocycles. The van der Waals surface area contributed by atoms with E-state index in [1.807, 2.05) is 55.5 Å². The van der Waals surface area contributed by atoms with Gasteiger partial charge < -0.3 is 19.5 Å². The molecule has 4 aromatic rings. The Labute approximate surface area is 180 Å². The van der Waals surface area contributed by atoms with E-state index < -0.39 is 0 Å². The summed E-state index contributed by atoms with van der Waals surface area (Å²) in [5, 5.41) is 2.92. The van der Waals surface area contributed by atoms with Crippen molar-refractivity contribution >= 4 is 22.6 Å². The van der Waals surface area contributed by atoms with Crippen LogP contribution in [0.3, 0.4) is 0 Å². The summed E-state index contributed by atoms with van der Waals surface area (Å²) in [6.07, 6.45) is 0. The van der Waals surface area contributed by atoms with Crippen molar-refractivity contribution in [1.29, 1.82) is 0 Å². The predicted molar refractivity (Wildman–Crippen MR) is 120 cm³/mol. The van der Waals surface area contributed by atoms with Crippen molar-refractivity contribution in [2.24, 2.45) is 0 Å². The third-order valence-corrected chi connectivity index (χ3v) is 5.02. The van der Waals surface area contributed by atoms with Crippen LogP contribution in [-0.2, 0) is 0 Å². The second-order valence-corrected chi connectivity index (χ2v) is 6.90. The Morgan fingerprint density at radius 2 is 1.58 bits per heavy atom. The Morgan fingerprint density at radius 3 is 2.19 bits per heavy atom. The van der Waals surface area contributed by atoms with Gasteiger partial charge >= 0.3 is 0 Å². The van der Waals surface area contributed by atoms with Crippen molar-refractivity contribution < 1.29 is 19.0 Å². The first-order valence-electron chi connectivity index (χ1n) is 9.71. The van der Waals surface area contributed by atoms with E-state index in [4.69, 9.17) is 14.2 Å². The standard InChI is InChI=1S/C24H23N3O4/c1-15-25-19-14-17(10-11-20(19)27(15)18-8-6-5-7-9-18)26-24(28)16-12-21(29-2)23(31-4)22(13-16)30-3/h5-14H,1-4H3,(H,26,28). The maximum Gasteiger partial charge on any atom is 0.255 e. The van der Waals surface area contributed by atoms with Crippen LogP contribution in [0, 0.1) is 6.92 Å². The summed E-state index contributed by atoms with van der Waals surface area (Å²) >= 11 is 0. The highest BCUT2D eigenvalue weighted by Crippen LogP contribution is 2.38. The number of amides is 1. The SMILES string of the molecule is COc1cc(C(=O)Nc2ccc3c(c2)nc(C)n3-c2ccccc2)cc(OC)c1OC. The number of aryl methyl sites for hydroxylation is 1. The Hall–Kier alpha value is -4.00. The zero-order valence-corrected chi connectivity index (χ0v) is 17.8. The topological polar surface area (TPSA) is 74.6 Å². The van der Waals surface area contributed by atoms with Crippen LogP contribution >= 0.6 is 0 Å². The van der Waals surface area contributed by atoms with Crippen molar-refractivity contribution in [2.45, 2.75) is 6.92 Å². The third kappa shape index (κ3) is 3.77. The van der Waals surface area contributed by atoms with E-state index in [2.05, 4.69) is 14.9 Å². The van der Waals surface area contributed by atoms with Crippen LogP contribution in [0.15, 0.2) is 60.7 Å². The summed E-state index contributed by atoms with van der Waals surface area (Å²) in [6.45, 7) is 1.96. The molecule has 0 saturated carbocycles. The molecule has 1 aromatic heterocycles. The Bertz CT molecular complexity index is 1220. The monoisotopic (exact) mass is 417 g/mol. The molecule has 7 heteroatoms. The van der Waals surface area contributed by atoms with Crippen molar-refractivity contribution in [1.82, 2.24) is 9.55 Å². The molecule has 0 fully saturated rings. The average Bonchev–Trinajstić information content (AvgIpc) is 3.13. The molecule has 7 nitrogen and oxygen atoms in total. The van der Waals surface area contributed by atoms with Crippen LogP contribution in [-0.4, -0.2) is 36.8 Å². The lowest BCUT2D eigenvalue weighted by Gasteiger charge is -2.14. The van der Waals surface area contributed by atoms with E-state index in [0.717, 1.165) is 22.5 Å². The molecule has 0 bridgehead atoms. The van der Waals surface area contributed by atoms with Crippen molar-refractivity contribution in [3.8, 4) is 22.9 Å². The molecule has 0 aliphatic carbocycles. The largest absolute Gasteiger partial charge is 0.493 e. The fourth-order valence-corrected chi connectivity index (χ4v) is 3.60. The lowest BCUT2D eigenvalue weighted by atomic mass is 10.1. The second-order valence-electron chi connectivity index (χ2n) is 6.90. The number of methoxy groups -OCH3 is 3. The minimum Gasteiger partial charge on any atom is -0.493 e. The van der Waals surface area contributed by atoms with E-state index in [9.17, 15) is 4.79 Å². The van der Waals surface area contributed by atoms with Gasteiger partial charge in [0.15, 0.2) is 11.5 Å². The lowest BCUT2D eigenvalue weighted by molar-refractivity contribution is 0.102. The summed E-state index contributed by atoms with van der Waals surface area (Å²) in [5.74, 6) is 1.84. The number of carbonyl (C=O) groups is 1. The summed E-state index contributed by atoms with van der Waals surface area (Å²) in [6, 6.07) is 18.9.